The summed E-state index contributed by atoms with van der Waals surface area (Å²) in [6, 6.07) is 19.8. The van der Waals surface area contributed by atoms with Gasteiger partial charge in [0, 0.05) is 6.07 Å². The number of nitro benzene ring substituents is 1. The quantitative estimate of drug-likeness (QED) is 0.153. The molecule has 160 valence electrons. The van der Waals surface area contributed by atoms with E-state index in [9.17, 15) is 25.3 Å². The number of phenols is 1. The highest BCUT2D eigenvalue weighted by atomic mass is 79.9. The van der Waals surface area contributed by atoms with Crippen LogP contribution < -0.4 is 10.1 Å². The Bertz CT molecular complexity index is 1240. The van der Waals surface area contributed by atoms with Gasteiger partial charge in [0.15, 0.2) is 0 Å². The molecule has 8 nitrogen and oxygen atoms in total. The number of rotatable bonds is 7. The third-order valence-electron chi connectivity index (χ3n) is 4.31. The van der Waals surface area contributed by atoms with E-state index in [4.69, 9.17) is 4.74 Å². The molecule has 0 aliphatic carbocycles. The molecule has 0 heterocycles. The highest BCUT2D eigenvalue weighted by Crippen LogP contribution is 2.29. The van der Waals surface area contributed by atoms with E-state index >= 15 is 0 Å². The van der Waals surface area contributed by atoms with Crippen LogP contribution in [0.3, 0.4) is 0 Å². The van der Waals surface area contributed by atoms with Gasteiger partial charge in [0.1, 0.15) is 29.7 Å². The molecular weight excluding hydrogens is 478 g/mol. The lowest BCUT2D eigenvalue weighted by Crippen LogP contribution is -2.13. The van der Waals surface area contributed by atoms with Crippen LogP contribution in [-0.2, 0) is 11.4 Å². The number of amides is 1. The summed E-state index contributed by atoms with van der Waals surface area (Å²) in [5.41, 5.74) is 1.00. The third kappa shape index (κ3) is 5.71. The van der Waals surface area contributed by atoms with E-state index in [0.717, 1.165) is 17.7 Å². The van der Waals surface area contributed by atoms with E-state index in [0.29, 0.717) is 22.4 Å². The fourth-order valence-electron chi connectivity index (χ4n) is 2.70. The van der Waals surface area contributed by atoms with Gasteiger partial charge in [-0.3, -0.25) is 14.9 Å². The first-order valence-corrected chi connectivity index (χ1v) is 10.0. The first-order valence-electron chi connectivity index (χ1n) is 9.24. The van der Waals surface area contributed by atoms with E-state index < -0.39 is 16.6 Å². The van der Waals surface area contributed by atoms with Gasteiger partial charge in [-0.15, -0.1) is 0 Å². The van der Waals surface area contributed by atoms with Crippen molar-refractivity contribution in [2.45, 2.75) is 6.61 Å². The first kappa shape index (κ1) is 22.5. The minimum atomic E-state index is -0.767. The number of phenolic OH excluding ortho intramolecular Hbond substituents is 1. The van der Waals surface area contributed by atoms with Crippen LogP contribution in [-0.4, -0.2) is 15.9 Å². The van der Waals surface area contributed by atoms with Crippen LogP contribution in [0.15, 0.2) is 76.8 Å². The molecule has 32 heavy (non-hydrogen) atoms. The molecule has 0 aliphatic rings. The Balaban J connectivity index is 1.72. The Morgan fingerprint density at radius 1 is 1.19 bits per heavy atom. The van der Waals surface area contributed by atoms with Crippen molar-refractivity contribution in [3.63, 3.8) is 0 Å². The number of hydrogen-bond donors (Lipinski definition) is 2. The zero-order valence-electron chi connectivity index (χ0n) is 16.5. The zero-order chi connectivity index (χ0) is 23.1. The summed E-state index contributed by atoms with van der Waals surface area (Å²) >= 11 is 3.43. The number of nitrogens with one attached hydrogen (secondary N) is 1. The molecule has 0 aliphatic heterocycles. The molecule has 0 unspecified atom stereocenters. The SMILES string of the molecule is N#C/C(=C\c1ccc(OCc2ccccc2)c(Br)c1)C(=O)Nc1ccc([N+](=O)[O-])cc1O. The van der Waals surface area contributed by atoms with E-state index in [2.05, 4.69) is 21.2 Å². The molecule has 0 saturated carbocycles. The normalized spacial score (nSPS) is 10.8. The van der Waals surface area contributed by atoms with Gasteiger partial charge in [0.05, 0.1) is 21.1 Å². The van der Waals surface area contributed by atoms with Crippen LogP contribution in [0.1, 0.15) is 11.1 Å². The Labute approximate surface area is 191 Å². The highest BCUT2D eigenvalue weighted by Gasteiger charge is 2.15. The molecule has 0 atom stereocenters. The maximum absolute atomic E-state index is 12.4. The summed E-state index contributed by atoms with van der Waals surface area (Å²) in [7, 11) is 0. The molecule has 0 bridgehead atoms. The monoisotopic (exact) mass is 493 g/mol. The van der Waals surface area contributed by atoms with Crippen LogP contribution in [0.25, 0.3) is 6.08 Å². The number of non-ortho nitro benzene ring substituents is 1. The van der Waals surface area contributed by atoms with Gasteiger partial charge in [-0.05, 0) is 51.3 Å². The molecule has 9 heteroatoms. The molecular formula is C23H16BrN3O5. The summed E-state index contributed by atoms with van der Waals surface area (Å²) in [4.78, 5) is 22.5. The van der Waals surface area contributed by atoms with Crippen molar-refractivity contribution >= 4 is 39.3 Å². The van der Waals surface area contributed by atoms with Gasteiger partial charge in [-0.1, -0.05) is 36.4 Å². The van der Waals surface area contributed by atoms with Crippen molar-refractivity contribution in [1.29, 1.82) is 5.26 Å². The Morgan fingerprint density at radius 3 is 2.56 bits per heavy atom. The lowest BCUT2D eigenvalue weighted by Gasteiger charge is -2.09. The maximum Gasteiger partial charge on any atom is 0.273 e. The number of ether oxygens (including phenoxy) is 1. The fraction of sp³-hybridized carbons (Fsp3) is 0.0435. The number of benzene rings is 3. The number of nitro groups is 1. The molecule has 1 amide bonds. The van der Waals surface area contributed by atoms with Crippen LogP contribution in [0, 0.1) is 21.4 Å². The summed E-state index contributed by atoms with van der Waals surface area (Å²) < 4.78 is 6.43. The Kier molecular flexibility index (Phi) is 7.21. The van der Waals surface area contributed by atoms with Crippen LogP contribution >= 0.6 is 15.9 Å². The maximum atomic E-state index is 12.4. The second-order valence-electron chi connectivity index (χ2n) is 6.55. The number of carbonyl (C=O) groups excluding carboxylic acids is 1. The number of nitrogens with zero attached hydrogens (tertiary/aromatic N) is 2. The largest absolute Gasteiger partial charge is 0.506 e. The molecule has 0 spiro atoms. The van der Waals surface area contributed by atoms with Gasteiger partial charge in [-0.2, -0.15) is 5.26 Å². The summed E-state index contributed by atoms with van der Waals surface area (Å²) in [6.45, 7) is 0.388. The number of nitriles is 1. The Hall–Kier alpha value is -4.16. The average molecular weight is 494 g/mol. The van der Waals surface area contributed by atoms with Crippen LogP contribution in [0.2, 0.25) is 0 Å². The standard InChI is InChI=1S/C23H16BrN3O5/c24-19-11-16(6-9-22(19)32-14-15-4-2-1-3-5-15)10-17(13-25)23(29)26-20-8-7-18(27(30)31)12-21(20)28/h1-12,28H,14H2,(H,26,29)/b17-10+. The molecule has 3 aromatic rings. The first-order chi connectivity index (χ1) is 15.4. The molecule has 0 fully saturated rings. The number of aromatic hydroxyl groups is 1. The molecule has 3 rings (SSSR count). The molecule has 3 aromatic carbocycles. The van der Waals surface area contributed by atoms with E-state index in [-0.39, 0.29) is 16.9 Å². The lowest BCUT2D eigenvalue weighted by molar-refractivity contribution is -0.384. The minimum Gasteiger partial charge on any atom is -0.506 e. The number of halogens is 1. The van der Waals surface area contributed by atoms with Gasteiger partial charge in [0.25, 0.3) is 11.6 Å². The van der Waals surface area contributed by atoms with E-state index in [1.807, 2.05) is 36.4 Å². The van der Waals surface area contributed by atoms with Crippen molar-refractivity contribution in [2.24, 2.45) is 0 Å². The molecule has 0 saturated heterocycles. The predicted molar refractivity (Wildman–Crippen MR) is 122 cm³/mol. The number of anilines is 1. The third-order valence-corrected chi connectivity index (χ3v) is 4.93. The molecule has 0 radical (unpaired) electrons. The van der Waals surface area contributed by atoms with Crippen molar-refractivity contribution in [1.82, 2.24) is 0 Å². The molecule has 0 aromatic heterocycles. The second kappa shape index (κ2) is 10.2. The molecule has 2 N–H and O–H groups in total. The van der Waals surface area contributed by atoms with Crippen molar-refractivity contribution in [2.75, 3.05) is 5.32 Å². The van der Waals surface area contributed by atoms with E-state index in [1.165, 1.54) is 12.1 Å². The van der Waals surface area contributed by atoms with Gasteiger partial charge < -0.3 is 15.2 Å². The number of carbonyl (C=O) groups is 1. The predicted octanol–water partition coefficient (Wildman–Crippen LogP) is 5.19. The minimum absolute atomic E-state index is 0.0485. The topological polar surface area (TPSA) is 125 Å². The summed E-state index contributed by atoms with van der Waals surface area (Å²) in [5, 5.41) is 32.4. The van der Waals surface area contributed by atoms with Gasteiger partial charge in [0.2, 0.25) is 0 Å². The van der Waals surface area contributed by atoms with Crippen LogP contribution in [0.5, 0.6) is 11.5 Å². The zero-order valence-corrected chi connectivity index (χ0v) is 18.1. The van der Waals surface area contributed by atoms with Crippen LogP contribution in [0.4, 0.5) is 11.4 Å². The van der Waals surface area contributed by atoms with E-state index in [1.54, 1.807) is 18.2 Å². The Morgan fingerprint density at radius 2 is 1.94 bits per heavy atom. The summed E-state index contributed by atoms with van der Waals surface area (Å²) in [6.07, 6.45) is 1.38. The van der Waals surface area contributed by atoms with Crippen molar-refractivity contribution in [3.8, 4) is 17.6 Å². The second-order valence-corrected chi connectivity index (χ2v) is 7.40. The number of hydrogen-bond acceptors (Lipinski definition) is 6. The highest BCUT2D eigenvalue weighted by molar-refractivity contribution is 9.10. The summed E-state index contributed by atoms with van der Waals surface area (Å²) in [5.74, 6) is -0.644. The smallest absolute Gasteiger partial charge is 0.273 e. The van der Waals surface area contributed by atoms with Gasteiger partial charge >= 0.3 is 0 Å². The van der Waals surface area contributed by atoms with Gasteiger partial charge in [-0.25, -0.2) is 0 Å². The fourth-order valence-corrected chi connectivity index (χ4v) is 3.21. The van der Waals surface area contributed by atoms with Crippen molar-refractivity contribution < 1.29 is 19.6 Å². The van der Waals surface area contributed by atoms with Crippen molar-refractivity contribution in [3.05, 3.63) is 98.0 Å². The lowest BCUT2D eigenvalue weighted by atomic mass is 10.1. The average Bonchev–Trinajstić information content (AvgIpc) is 2.78.